The zero-order valence-electron chi connectivity index (χ0n) is 14.1. The molecule has 0 saturated carbocycles. The van der Waals surface area contributed by atoms with Crippen LogP contribution in [0.1, 0.15) is 11.1 Å². The van der Waals surface area contributed by atoms with Crippen LogP contribution in [0, 0.1) is 0 Å². The van der Waals surface area contributed by atoms with E-state index in [0.29, 0.717) is 16.6 Å². The van der Waals surface area contributed by atoms with Gasteiger partial charge < -0.3 is 4.90 Å². The van der Waals surface area contributed by atoms with Crippen molar-refractivity contribution in [3.8, 4) is 5.69 Å². The lowest BCUT2D eigenvalue weighted by molar-refractivity contribution is -0.125. The van der Waals surface area contributed by atoms with E-state index in [0.717, 1.165) is 16.8 Å². The van der Waals surface area contributed by atoms with Gasteiger partial charge in [0.25, 0.3) is 0 Å². The number of rotatable bonds is 5. The highest BCUT2D eigenvalue weighted by atomic mass is 35.5. The molecule has 0 saturated heterocycles. The highest BCUT2D eigenvalue weighted by Crippen LogP contribution is 2.23. The quantitative estimate of drug-likeness (QED) is 0.588. The van der Waals surface area contributed by atoms with E-state index in [1.807, 2.05) is 42.6 Å². The van der Waals surface area contributed by atoms with Gasteiger partial charge in [0.1, 0.15) is 0 Å². The molecule has 132 valence electrons. The summed E-state index contributed by atoms with van der Waals surface area (Å²) in [4.78, 5) is 13.9. The third-order valence-corrected chi connectivity index (χ3v) is 4.55. The van der Waals surface area contributed by atoms with Gasteiger partial charge in [0, 0.05) is 31.4 Å². The van der Waals surface area contributed by atoms with Gasteiger partial charge in [-0.1, -0.05) is 47.5 Å². The molecule has 0 bridgehead atoms. The Balaban J connectivity index is 1.63. The van der Waals surface area contributed by atoms with Crippen LogP contribution in [0.4, 0.5) is 0 Å². The molecule has 0 aliphatic heterocycles. The number of nitrogens with zero attached hydrogens (tertiary/aromatic N) is 3. The van der Waals surface area contributed by atoms with Crippen LogP contribution in [0.5, 0.6) is 0 Å². The fourth-order valence-electron chi connectivity index (χ4n) is 2.43. The van der Waals surface area contributed by atoms with Crippen LogP contribution in [-0.4, -0.2) is 27.6 Å². The first-order chi connectivity index (χ1) is 12.5. The minimum atomic E-state index is -0.108. The van der Waals surface area contributed by atoms with E-state index in [1.54, 1.807) is 41.0 Å². The van der Waals surface area contributed by atoms with Gasteiger partial charge in [-0.3, -0.25) is 4.79 Å². The number of carbonyl (C=O) groups excluding carboxylic acids is 1. The van der Waals surface area contributed by atoms with Crippen molar-refractivity contribution >= 4 is 35.2 Å². The predicted molar refractivity (Wildman–Crippen MR) is 106 cm³/mol. The Morgan fingerprint density at radius 1 is 1.15 bits per heavy atom. The molecule has 3 aromatic rings. The van der Waals surface area contributed by atoms with Gasteiger partial charge in [0.2, 0.25) is 5.91 Å². The van der Waals surface area contributed by atoms with Crippen molar-refractivity contribution in [2.45, 2.75) is 6.54 Å². The molecule has 0 aliphatic carbocycles. The molecule has 0 atom stereocenters. The number of aromatic nitrogens is 2. The second kappa shape index (κ2) is 8.21. The average Bonchev–Trinajstić information content (AvgIpc) is 3.11. The first kappa shape index (κ1) is 18.2. The maximum Gasteiger partial charge on any atom is 0.246 e. The van der Waals surface area contributed by atoms with Crippen molar-refractivity contribution in [1.29, 1.82) is 0 Å². The van der Waals surface area contributed by atoms with Crippen molar-refractivity contribution in [3.05, 3.63) is 88.2 Å². The summed E-state index contributed by atoms with van der Waals surface area (Å²) in [5.41, 5.74) is 2.75. The Labute approximate surface area is 162 Å². The number of halogens is 2. The minimum Gasteiger partial charge on any atom is -0.338 e. The van der Waals surface area contributed by atoms with Gasteiger partial charge >= 0.3 is 0 Å². The standard InChI is InChI=1S/C20H17Cl2N3O/c1-24(20(26)10-8-15-7-9-18(21)19(22)11-15)13-16-12-23-25(14-16)17-5-3-2-4-6-17/h2-12,14H,13H2,1H3/b10-8+. The van der Waals surface area contributed by atoms with Gasteiger partial charge in [-0.15, -0.1) is 0 Å². The zero-order chi connectivity index (χ0) is 18.5. The topological polar surface area (TPSA) is 38.1 Å². The Morgan fingerprint density at radius 3 is 2.65 bits per heavy atom. The van der Waals surface area contributed by atoms with Gasteiger partial charge in [0.15, 0.2) is 0 Å². The summed E-state index contributed by atoms with van der Waals surface area (Å²) in [6.45, 7) is 0.470. The van der Waals surface area contributed by atoms with Crippen LogP contribution in [0.2, 0.25) is 10.0 Å². The predicted octanol–water partition coefficient (Wildman–Crippen LogP) is 4.85. The number of hydrogen-bond donors (Lipinski definition) is 0. The SMILES string of the molecule is CN(Cc1cnn(-c2ccccc2)c1)C(=O)/C=C/c1ccc(Cl)c(Cl)c1. The summed E-state index contributed by atoms with van der Waals surface area (Å²) >= 11 is 11.9. The van der Waals surface area contributed by atoms with Crippen molar-refractivity contribution in [1.82, 2.24) is 14.7 Å². The van der Waals surface area contributed by atoms with Gasteiger partial charge in [-0.25, -0.2) is 4.68 Å². The highest BCUT2D eigenvalue weighted by Gasteiger charge is 2.08. The minimum absolute atomic E-state index is 0.108. The molecule has 0 fully saturated rings. The average molecular weight is 386 g/mol. The van der Waals surface area contributed by atoms with E-state index >= 15 is 0 Å². The first-order valence-electron chi connectivity index (χ1n) is 8.00. The lowest BCUT2D eigenvalue weighted by Crippen LogP contribution is -2.23. The Kier molecular flexibility index (Phi) is 5.76. The van der Waals surface area contributed by atoms with E-state index in [9.17, 15) is 4.79 Å². The van der Waals surface area contributed by atoms with Crippen molar-refractivity contribution in [3.63, 3.8) is 0 Å². The maximum atomic E-state index is 12.3. The highest BCUT2D eigenvalue weighted by molar-refractivity contribution is 6.42. The fourth-order valence-corrected chi connectivity index (χ4v) is 2.73. The van der Waals surface area contributed by atoms with Crippen molar-refractivity contribution in [2.24, 2.45) is 0 Å². The largest absolute Gasteiger partial charge is 0.338 e. The first-order valence-corrected chi connectivity index (χ1v) is 8.76. The van der Waals surface area contributed by atoms with Gasteiger partial charge in [-0.05, 0) is 35.9 Å². The summed E-state index contributed by atoms with van der Waals surface area (Å²) in [5.74, 6) is -0.108. The normalized spacial score (nSPS) is 11.0. The molecule has 2 aromatic carbocycles. The zero-order valence-corrected chi connectivity index (χ0v) is 15.7. The van der Waals surface area contributed by atoms with Crippen LogP contribution in [0.3, 0.4) is 0 Å². The summed E-state index contributed by atoms with van der Waals surface area (Å²) in [7, 11) is 1.75. The third-order valence-electron chi connectivity index (χ3n) is 3.81. The van der Waals surface area contributed by atoms with E-state index in [4.69, 9.17) is 23.2 Å². The molecule has 0 N–H and O–H groups in total. The van der Waals surface area contributed by atoms with E-state index in [1.165, 1.54) is 6.08 Å². The monoisotopic (exact) mass is 385 g/mol. The maximum absolute atomic E-state index is 12.3. The number of para-hydroxylation sites is 1. The smallest absolute Gasteiger partial charge is 0.246 e. The molecule has 0 unspecified atom stereocenters. The lowest BCUT2D eigenvalue weighted by Gasteiger charge is -2.13. The molecule has 4 nitrogen and oxygen atoms in total. The second-order valence-electron chi connectivity index (χ2n) is 5.83. The summed E-state index contributed by atoms with van der Waals surface area (Å²) in [5, 5.41) is 5.29. The molecular formula is C20H17Cl2N3O. The molecule has 26 heavy (non-hydrogen) atoms. The molecule has 1 aromatic heterocycles. The van der Waals surface area contributed by atoms with Gasteiger partial charge in [0.05, 0.1) is 21.9 Å². The van der Waals surface area contributed by atoms with Crippen LogP contribution < -0.4 is 0 Å². The molecule has 0 aliphatic rings. The van der Waals surface area contributed by atoms with Crippen molar-refractivity contribution in [2.75, 3.05) is 7.05 Å². The van der Waals surface area contributed by atoms with Gasteiger partial charge in [-0.2, -0.15) is 5.10 Å². The molecular weight excluding hydrogens is 369 g/mol. The Morgan fingerprint density at radius 2 is 1.92 bits per heavy atom. The molecule has 0 radical (unpaired) electrons. The fraction of sp³-hybridized carbons (Fsp3) is 0.100. The second-order valence-corrected chi connectivity index (χ2v) is 6.64. The number of likely N-dealkylation sites (N-methyl/N-ethyl adjacent to an activating group) is 1. The molecule has 1 amide bonds. The Hall–Kier alpha value is -2.56. The lowest BCUT2D eigenvalue weighted by atomic mass is 10.2. The van der Waals surface area contributed by atoms with E-state index in [-0.39, 0.29) is 5.91 Å². The molecule has 3 rings (SSSR count). The molecule has 0 spiro atoms. The van der Waals surface area contributed by atoms with Crippen LogP contribution in [-0.2, 0) is 11.3 Å². The van der Waals surface area contributed by atoms with Crippen LogP contribution in [0.25, 0.3) is 11.8 Å². The third kappa shape index (κ3) is 4.54. The number of carbonyl (C=O) groups is 1. The number of hydrogen-bond acceptors (Lipinski definition) is 2. The van der Waals surface area contributed by atoms with Crippen LogP contribution in [0.15, 0.2) is 67.0 Å². The van der Waals surface area contributed by atoms with Crippen LogP contribution >= 0.6 is 23.2 Å². The number of benzene rings is 2. The summed E-state index contributed by atoms with van der Waals surface area (Å²) < 4.78 is 1.79. The Bertz CT molecular complexity index is 935. The molecule has 6 heteroatoms. The molecule has 1 heterocycles. The van der Waals surface area contributed by atoms with Crippen molar-refractivity contribution < 1.29 is 4.79 Å². The van der Waals surface area contributed by atoms with E-state index < -0.39 is 0 Å². The van der Waals surface area contributed by atoms with E-state index in [2.05, 4.69) is 5.10 Å². The summed E-state index contributed by atoms with van der Waals surface area (Å²) in [6, 6.07) is 15.1. The summed E-state index contributed by atoms with van der Waals surface area (Å²) in [6.07, 6.45) is 6.91. The number of amides is 1.